The molecule has 2 amide bonds. The standard InChI is InChI=1S/C15H13N3O2S2/c1-9(19)16-15-18-12-3-2-11(7-13(12)22-15)17-14(20)6-10-4-5-21-8-10/h2-5,7-8H,6H2,1H3,(H,17,20)(H,16,18,19). The second-order valence-electron chi connectivity index (χ2n) is 4.74. The van der Waals surface area contributed by atoms with E-state index in [4.69, 9.17) is 0 Å². The maximum absolute atomic E-state index is 12.0. The van der Waals surface area contributed by atoms with Gasteiger partial charge in [-0.3, -0.25) is 9.59 Å². The molecule has 0 spiro atoms. The van der Waals surface area contributed by atoms with Crippen LogP contribution in [0, 0.1) is 0 Å². The summed E-state index contributed by atoms with van der Waals surface area (Å²) >= 11 is 2.96. The molecule has 22 heavy (non-hydrogen) atoms. The van der Waals surface area contributed by atoms with E-state index in [1.54, 1.807) is 11.3 Å². The van der Waals surface area contributed by atoms with Crippen LogP contribution in [-0.4, -0.2) is 16.8 Å². The minimum Gasteiger partial charge on any atom is -0.326 e. The quantitative estimate of drug-likeness (QED) is 0.768. The normalized spacial score (nSPS) is 10.6. The van der Waals surface area contributed by atoms with Crippen LogP contribution in [-0.2, 0) is 16.0 Å². The van der Waals surface area contributed by atoms with Crippen LogP contribution in [0.25, 0.3) is 10.2 Å². The lowest BCUT2D eigenvalue weighted by atomic mass is 10.2. The number of nitrogens with one attached hydrogen (secondary N) is 2. The van der Waals surface area contributed by atoms with E-state index < -0.39 is 0 Å². The predicted octanol–water partition coefficient (Wildman–Crippen LogP) is 3.50. The van der Waals surface area contributed by atoms with E-state index in [0.717, 1.165) is 21.5 Å². The summed E-state index contributed by atoms with van der Waals surface area (Å²) in [5.74, 6) is -0.201. The van der Waals surface area contributed by atoms with Crippen LogP contribution >= 0.6 is 22.7 Å². The first-order valence-corrected chi connectivity index (χ1v) is 8.35. The Morgan fingerprint density at radius 1 is 1.23 bits per heavy atom. The molecule has 2 heterocycles. The van der Waals surface area contributed by atoms with Gasteiger partial charge >= 0.3 is 0 Å². The fourth-order valence-corrected chi connectivity index (χ4v) is 3.61. The zero-order valence-corrected chi connectivity index (χ0v) is 13.4. The molecular formula is C15H13N3O2S2. The molecule has 5 nitrogen and oxygen atoms in total. The highest BCUT2D eigenvalue weighted by molar-refractivity contribution is 7.22. The largest absolute Gasteiger partial charge is 0.326 e. The molecule has 2 N–H and O–H groups in total. The fourth-order valence-electron chi connectivity index (χ4n) is 1.99. The van der Waals surface area contributed by atoms with Crippen LogP contribution in [0.2, 0.25) is 0 Å². The van der Waals surface area contributed by atoms with Crippen molar-refractivity contribution in [3.63, 3.8) is 0 Å². The lowest BCUT2D eigenvalue weighted by Crippen LogP contribution is -2.13. The summed E-state index contributed by atoms with van der Waals surface area (Å²) in [6.07, 6.45) is 0.362. The molecule has 3 aromatic rings. The van der Waals surface area contributed by atoms with Crippen LogP contribution in [0.15, 0.2) is 35.0 Å². The SMILES string of the molecule is CC(=O)Nc1nc2ccc(NC(=O)Cc3ccsc3)cc2s1. The van der Waals surface area contributed by atoms with Gasteiger partial charge in [0.2, 0.25) is 11.8 Å². The van der Waals surface area contributed by atoms with E-state index in [-0.39, 0.29) is 11.8 Å². The van der Waals surface area contributed by atoms with Gasteiger partial charge in [0.05, 0.1) is 16.6 Å². The number of amides is 2. The van der Waals surface area contributed by atoms with Crippen LogP contribution in [0.3, 0.4) is 0 Å². The highest BCUT2D eigenvalue weighted by atomic mass is 32.1. The van der Waals surface area contributed by atoms with Crippen molar-refractivity contribution in [3.8, 4) is 0 Å². The van der Waals surface area contributed by atoms with Crippen molar-refractivity contribution in [2.24, 2.45) is 0 Å². The van der Waals surface area contributed by atoms with Crippen molar-refractivity contribution in [1.82, 2.24) is 4.98 Å². The number of anilines is 2. The third kappa shape index (κ3) is 3.49. The van der Waals surface area contributed by atoms with E-state index in [9.17, 15) is 9.59 Å². The van der Waals surface area contributed by atoms with Gasteiger partial charge in [-0.25, -0.2) is 4.98 Å². The number of thiophene rings is 1. The number of hydrogen-bond acceptors (Lipinski definition) is 5. The van der Waals surface area contributed by atoms with Crippen molar-refractivity contribution in [3.05, 3.63) is 40.6 Å². The highest BCUT2D eigenvalue weighted by Crippen LogP contribution is 2.28. The molecular weight excluding hydrogens is 318 g/mol. The van der Waals surface area contributed by atoms with E-state index in [0.29, 0.717) is 11.6 Å². The summed E-state index contributed by atoms with van der Waals surface area (Å²) in [6.45, 7) is 1.45. The van der Waals surface area contributed by atoms with Gasteiger partial charge in [-0.2, -0.15) is 11.3 Å². The lowest BCUT2D eigenvalue weighted by molar-refractivity contribution is -0.116. The number of thiazole rings is 1. The first-order chi connectivity index (χ1) is 10.6. The Labute approximate surface area is 135 Å². The summed E-state index contributed by atoms with van der Waals surface area (Å²) < 4.78 is 0.914. The molecule has 0 unspecified atom stereocenters. The second kappa shape index (κ2) is 6.25. The molecule has 0 aliphatic heterocycles. The van der Waals surface area contributed by atoms with Gasteiger partial charge in [0.25, 0.3) is 0 Å². The Hall–Kier alpha value is -2.25. The first-order valence-electron chi connectivity index (χ1n) is 6.59. The maximum atomic E-state index is 12.0. The number of benzene rings is 1. The number of carbonyl (C=O) groups is 2. The van der Waals surface area contributed by atoms with Crippen molar-refractivity contribution < 1.29 is 9.59 Å². The van der Waals surface area contributed by atoms with Crippen molar-refractivity contribution in [2.45, 2.75) is 13.3 Å². The average Bonchev–Trinajstić information content (AvgIpc) is 3.06. The average molecular weight is 331 g/mol. The zero-order chi connectivity index (χ0) is 15.5. The van der Waals surface area contributed by atoms with Crippen molar-refractivity contribution in [1.29, 1.82) is 0 Å². The topological polar surface area (TPSA) is 71.1 Å². The third-order valence-electron chi connectivity index (χ3n) is 2.90. The first kappa shape index (κ1) is 14.7. The minimum atomic E-state index is -0.150. The summed E-state index contributed by atoms with van der Waals surface area (Å²) in [5, 5.41) is 10.0. The number of aromatic nitrogens is 1. The monoisotopic (exact) mass is 331 g/mol. The molecule has 0 bridgehead atoms. The molecule has 0 saturated heterocycles. The number of nitrogens with zero attached hydrogens (tertiary/aromatic N) is 1. The van der Waals surface area contributed by atoms with Crippen LogP contribution in [0.5, 0.6) is 0 Å². The molecule has 0 aliphatic carbocycles. The molecule has 0 radical (unpaired) electrons. The molecule has 0 atom stereocenters. The number of fused-ring (bicyclic) bond motifs is 1. The molecule has 0 aliphatic rings. The lowest BCUT2D eigenvalue weighted by Gasteiger charge is -2.04. The zero-order valence-electron chi connectivity index (χ0n) is 11.8. The minimum absolute atomic E-state index is 0.0515. The van der Waals surface area contributed by atoms with Gasteiger partial charge in [0.1, 0.15) is 0 Å². The van der Waals surface area contributed by atoms with Gasteiger partial charge in [0, 0.05) is 12.6 Å². The highest BCUT2D eigenvalue weighted by Gasteiger charge is 2.08. The second-order valence-corrected chi connectivity index (χ2v) is 6.55. The molecule has 3 rings (SSSR count). The molecule has 112 valence electrons. The Kier molecular flexibility index (Phi) is 4.17. The van der Waals surface area contributed by atoms with E-state index in [2.05, 4.69) is 15.6 Å². The van der Waals surface area contributed by atoms with Gasteiger partial charge in [-0.1, -0.05) is 11.3 Å². The van der Waals surface area contributed by atoms with Crippen molar-refractivity contribution >= 4 is 55.5 Å². The Balaban J connectivity index is 1.73. The van der Waals surface area contributed by atoms with E-state index >= 15 is 0 Å². The van der Waals surface area contributed by atoms with Gasteiger partial charge in [0.15, 0.2) is 5.13 Å². The molecule has 1 aromatic carbocycles. The third-order valence-corrected chi connectivity index (χ3v) is 4.57. The predicted molar refractivity (Wildman–Crippen MR) is 90.6 cm³/mol. The maximum Gasteiger partial charge on any atom is 0.228 e. The summed E-state index contributed by atoms with van der Waals surface area (Å²) in [5.41, 5.74) is 2.53. The summed E-state index contributed by atoms with van der Waals surface area (Å²) in [7, 11) is 0. The van der Waals surface area contributed by atoms with Crippen LogP contribution in [0.1, 0.15) is 12.5 Å². The van der Waals surface area contributed by atoms with E-state index in [1.807, 2.05) is 35.0 Å². The molecule has 0 fully saturated rings. The van der Waals surface area contributed by atoms with Gasteiger partial charge in [-0.15, -0.1) is 0 Å². The number of carbonyl (C=O) groups excluding carboxylic acids is 2. The Bertz CT molecular complexity index is 825. The van der Waals surface area contributed by atoms with Crippen molar-refractivity contribution in [2.75, 3.05) is 10.6 Å². The Morgan fingerprint density at radius 3 is 2.82 bits per heavy atom. The summed E-state index contributed by atoms with van der Waals surface area (Å²) in [6, 6.07) is 7.45. The smallest absolute Gasteiger partial charge is 0.228 e. The number of rotatable bonds is 4. The van der Waals surface area contributed by atoms with Crippen LogP contribution in [0.4, 0.5) is 10.8 Å². The van der Waals surface area contributed by atoms with Gasteiger partial charge < -0.3 is 10.6 Å². The van der Waals surface area contributed by atoms with E-state index in [1.165, 1.54) is 18.3 Å². The Morgan fingerprint density at radius 2 is 2.09 bits per heavy atom. The fraction of sp³-hybridized carbons (Fsp3) is 0.133. The number of hydrogen-bond donors (Lipinski definition) is 2. The molecule has 2 aromatic heterocycles. The molecule has 0 saturated carbocycles. The molecule has 7 heteroatoms. The van der Waals surface area contributed by atoms with Gasteiger partial charge in [-0.05, 0) is 40.6 Å². The van der Waals surface area contributed by atoms with Crippen LogP contribution < -0.4 is 10.6 Å². The summed E-state index contributed by atoms with van der Waals surface area (Å²) in [4.78, 5) is 27.4.